The van der Waals surface area contributed by atoms with Crippen LogP contribution in [0.4, 0.5) is 0 Å². The number of hydrogen-bond acceptors (Lipinski definition) is 6. The van der Waals surface area contributed by atoms with E-state index < -0.39 is 0 Å². The molecule has 0 aromatic carbocycles. The van der Waals surface area contributed by atoms with Crippen molar-refractivity contribution in [1.29, 1.82) is 0 Å². The van der Waals surface area contributed by atoms with Gasteiger partial charge < -0.3 is 4.74 Å². The second kappa shape index (κ2) is 5.06. The minimum Gasteiger partial charge on any atom is -0.379 e. The van der Waals surface area contributed by atoms with E-state index >= 15 is 0 Å². The van der Waals surface area contributed by atoms with E-state index in [4.69, 9.17) is 4.74 Å². The van der Waals surface area contributed by atoms with E-state index in [1.54, 1.807) is 16.8 Å². The summed E-state index contributed by atoms with van der Waals surface area (Å²) in [6.07, 6.45) is 0. The Bertz CT molecular complexity index is 262. The Hall–Kier alpha value is -0.170. The number of hydrogen-bond donors (Lipinski definition) is 1. The van der Waals surface area contributed by atoms with Crippen molar-refractivity contribution in [2.75, 3.05) is 32.8 Å². The quantitative estimate of drug-likeness (QED) is 0.782. The van der Waals surface area contributed by atoms with Crippen LogP contribution in [0, 0.1) is 0 Å². The zero-order chi connectivity index (χ0) is 9.80. The molecule has 1 aliphatic rings. The van der Waals surface area contributed by atoms with Crippen molar-refractivity contribution in [2.45, 2.75) is 5.25 Å². The van der Waals surface area contributed by atoms with E-state index in [0.29, 0.717) is 0 Å². The van der Waals surface area contributed by atoms with Crippen molar-refractivity contribution in [2.24, 2.45) is 0 Å². The highest BCUT2D eigenvalue weighted by atomic mass is 32.1. The summed E-state index contributed by atoms with van der Waals surface area (Å²) < 4.78 is 5.28. The number of rotatable bonds is 3. The number of thiol groups is 1. The molecule has 0 aliphatic carbocycles. The van der Waals surface area contributed by atoms with Crippen molar-refractivity contribution in [3.8, 4) is 0 Å². The topological polar surface area (TPSA) is 38.2 Å². The summed E-state index contributed by atoms with van der Waals surface area (Å²) in [7, 11) is 0. The first kappa shape index (κ1) is 10.4. The standard InChI is InChI=1S/C8H13N3OS2/c13-7(8-10-9-6-14-8)5-11-1-3-12-4-2-11/h6-7,13H,1-5H2. The Morgan fingerprint density at radius 3 is 3.00 bits per heavy atom. The summed E-state index contributed by atoms with van der Waals surface area (Å²) >= 11 is 6.08. The lowest BCUT2D eigenvalue weighted by atomic mass is 10.3. The van der Waals surface area contributed by atoms with E-state index in [1.807, 2.05) is 0 Å². The molecule has 0 spiro atoms. The average Bonchev–Trinajstić information content (AvgIpc) is 2.72. The van der Waals surface area contributed by atoms with Gasteiger partial charge in [-0.2, -0.15) is 12.6 Å². The Morgan fingerprint density at radius 1 is 1.57 bits per heavy atom. The average molecular weight is 231 g/mol. The van der Waals surface area contributed by atoms with Crippen molar-refractivity contribution in [1.82, 2.24) is 15.1 Å². The molecule has 2 heterocycles. The molecule has 1 unspecified atom stereocenters. The minimum absolute atomic E-state index is 0.181. The van der Waals surface area contributed by atoms with Crippen LogP contribution in [-0.2, 0) is 4.74 Å². The maximum Gasteiger partial charge on any atom is 0.131 e. The summed E-state index contributed by atoms with van der Waals surface area (Å²) in [6, 6.07) is 0. The molecule has 1 saturated heterocycles. The molecule has 1 aliphatic heterocycles. The predicted octanol–water partition coefficient (Wildman–Crippen LogP) is 0.841. The Labute approximate surface area is 92.7 Å². The molecular formula is C8H13N3OS2. The molecule has 2 rings (SSSR count). The lowest BCUT2D eigenvalue weighted by Crippen LogP contribution is -2.38. The molecule has 4 nitrogen and oxygen atoms in total. The van der Waals surface area contributed by atoms with Gasteiger partial charge in [-0.05, 0) is 0 Å². The van der Waals surface area contributed by atoms with Crippen molar-refractivity contribution >= 4 is 24.0 Å². The molecule has 1 aromatic heterocycles. The number of nitrogens with zero attached hydrogens (tertiary/aromatic N) is 3. The summed E-state index contributed by atoms with van der Waals surface area (Å²) in [5, 5.41) is 9.01. The number of aromatic nitrogens is 2. The van der Waals surface area contributed by atoms with Crippen LogP contribution in [0.2, 0.25) is 0 Å². The van der Waals surface area contributed by atoms with E-state index in [9.17, 15) is 0 Å². The lowest BCUT2D eigenvalue weighted by molar-refractivity contribution is 0.0381. The Balaban J connectivity index is 1.84. The second-order valence-electron chi connectivity index (χ2n) is 3.21. The summed E-state index contributed by atoms with van der Waals surface area (Å²) in [6.45, 7) is 4.58. The SMILES string of the molecule is SC(CN1CCOCC1)c1nncs1. The zero-order valence-corrected chi connectivity index (χ0v) is 9.51. The molecule has 1 aromatic rings. The molecule has 0 saturated carbocycles. The van der Waals surface area contributed by atoms with Crippen LogP contribution in [0.15, 0.2) is 5.51 Å². The molecule has 0 bridgehead atoms. The van der Waals surface area contributed by atoms with E-state index in [0.717, 1.165) is 37.9 Å². The zero-order valence-electron chi connectivity index (χ0n) is 7.80. The van der Waals surface area contributed by atoms with Crippen LogP contribution in [0.25, 0.3) is 0 Å². The maximum atomic E-state index is 5.28. The van der Waals surface area contributed by atoms with Gasteiger partial charge >= 0.3 is 0 Å². The first-order valence-corrected chi connectivity index (χ1v) is 6.00. The Kier molecular flexibility index (Phi) is 3.74. The monoisotopic (exact) mass is 231 g/mol. The molecule has 1 atom stereocenters. The fourth-order valence-electron chi connectivity index (χ4n) is 1.43. The van der Waals surface area contributed by atoms with Gasteiger partial charge in [-0.3, -0.25) is 4.90 Å². The largest absolute Gasteiger partial charge is 0.379 e. The van der Waals surface area contributed by atoms with Crippen LogP contribution in [0.5, 0.6) is 0 Å². The normalized spacial score (nSPS) is 20.9. The molecule has 0 amide bonds. The summed E-state index contributed by atoms with van der Waals surface area (Å²) in [4.78, 5) is 2.35. The van der Waals surface area contributed by atoms with Crippen LogP contribution in [0.3, 0.4) is 0 Å². The first-order chi connectivity index (χ1) is 6.86. The fraction of sp³-hybridized carbons (Fsp3) is 0.750. The smallest absolute Gasteiger partial charge is 0.131 e. The first-order valence-electron chi connectivity index (χ1n) is 4.60. The lowest BCUT2D eigenvalue weighted by Gasteiger charge is -2.27. The van der Waals surface area contributed by atoms with Gasteiger partial charge in [0.05, 0.1) is 18.5 Å². The van der Waals surface area contributed by atoms with Gasteiger partial charge in [0.1, 0.15) is 10.5 Å². The molecule has 1 fully saturated rings. The molecule has 0 N–H and O–H groups in total. The third-order valence-electron chi connectivity index (χ3n) is 2.20. The van der Waals surface area contributed by atoms with Gasteiger partial charge in [0, 0.05) is 19.6 Å². The number of morpholine rings is 1. The molecule has 6 heteroatoms. The molecule has 0 radical (unpaired) electrons. The van der Waals surface area contributed by atoms with Gasteiger partial charge in [-0.15, -0.1) is 21.5 Å². The van der Waals surface area contributed by atoms with E-state index in [1.165, 1.54) is 0 Å². The summed E-state index contributed by atoms with van der Waals surface area (Å²) in [5.74, 6) is 0. The van der Waals surface area contributed by atoms with Crippen molar-refractivity contribution in [3.63, 3.8) is 0 Å². The van der Waals surface area contributed by atoms with Crippen LogP contribution < -0.4 is 0 Å². The molecule has 14 heavy (non-hydrogen) atoms. The molecular weight excluding hydrogens is 218 g/mol. The third-order valence-corrected chi connectivity index (χ3v) is 3.59. The van der Waals surface area contributed by atoms with Gasteiger partial charge in [0.2, 0.25) is 0 Å². The highest BCUT2D eigenvalue weighted by Gasteiger charge is 2.17. The minimum atomic E-state index is 0.181. The van der Waals surface area contributed by atoms with Gasteiger partial charge in [-0.25, -0.2) is 0 Å². The predicted molar refractivity (Wildman–Crippen MR) is 58.9 cm³/mol. The maximum absolute atomic E-state index is 5.28. The van der Waals surface area contributed by atoms with Gasteiger partial charge in [0.25, 0.3) is 0 Å². The number of ether oxygens (including phenoxy) is 1. The Morgan fingerprint density at radius 2 is 2.36 bits per heavy atom. The van der Waals surface area contributed by atoms with Crippen LogP contribution in [-0.4, -0.2) is 47.9 Å². The van der Waals surface area contributed by atoms with Crippen molar-refractivity contribution in [3.05, 3.63) is 10.5 Å². The van der Waals surface area contributed by atoms with Gasteiger partial charge in [0.15, 0.2) is 0 Å². The van der Waals surface area contributed by atoms with Gasteiger partial charge in [-0.1, -0.05) is 0 Å². The second-order valence-corrected chi connectivity index (χ2v) is 4.69. The highest BCUT2D eigenvalue weighted by molar-refractivity contribution is 7.80. The van der Waals surface area contributed by atoms with Crippen LogP contribution >= 0.6 is 24.0 Å². The highest BCUT2D eigenvalue weighted by Crippen LogP contribution is 2.22. The van der Waals surface area contributed by atoms with E-state index in [-0.39, 0.29) is 5.25 Å². The fourth-order valence-corrected chi connectivity index (χ4v) is 2.43. The third kappa shape index (κ3) is 2.66. The van der Waals surface area contributed by atoms with E-state index in [2.05, 4.69) is 27.7 Å². The van der Waals surface area contributed by atoms with Crippen molar-refractivity contribution < 1.29 is 4.74 Å². The summed E-state index contributed by atoms with van der Waals surface area (Å²) in [5.41, 5.74) is 1.75. The molecule has 78 valence electrons. The van der Waals surface area contributed by atoms with Crippen LogP contribution in [0.1, 0.15) is 10.3 Å².